The van der Waals surface area contributed by atoms with Crippen LogP contribution in [-0.2, 0) is 47.1 Å². The van der Waals surface area contributed by atoms with E-state index in [1.807, 2.05) is 27.7 Å². The number of carbonyl (C=O) groups is 3. The molecule has 6 heteroatoms. The van der Waals surface area contributed by atoms with Gasteiger partial charge in [-0.15, -0.1) is 17.7 Å². The third-order valence-corrected chi connectivity index (χ3v) is 5.02. The summed E-state index contributed by atoms with van der Waals surface area (Å²) in [5, 5.41) is -0.135. The van der Waals surface area contributed by atoms with Crippen LogP contribution < -0.4 is 0 Å². The first-order chi connectivity index (χ1) is 11.7. The molecule has 0 aromatic heterocycles. The molecule has 0 aromatic carbocycles. The van der Waals surface area contributed by atoms with Crippen LogP contribution in [0.2, 0.25) is 0 Å². The molecule has 2 amide bonds. The zero-order valence-corrected chi connectivity index (χ0v) is 21.9. The minimum Gasteiger partial charge on any atom is -0.342 e. The van der Waals surface area contributed by atoms with E-state index >= 15 is 0 Å². The minimum atomic E-state index is -0.252. The van der Waals surface area contributed by atoms with Gasteiger partial charge in [-0.05, 0) is 11.2 Å². The van der Waals surface area contributed by atoms with Gasteiger partial charge in [0.25, 0.3) is 0 Å². The third-order valence-electron chi connectivity index (χ3n) is 3.92. The number of Topliss-reactive ketones (excluding diaryl/α,β-unsaturated/α-hetero) is 1. The van der Waals surface area contributed by atoms with E-state index in [9.17, 15) is 14.4 Å². The number of imide groups is 1. The van der Waals surface area contributed by atoms with Gasteiger partial charge in [0.1, 0.15) is 5.78 Å². The van der Waals surface area contributed by atoms with Gasteiger partial charge in [0, 0.05) is 51.1 Å². The summed E-state index contributed by atoms with van der Waals surface area (Å²) in [6.07, 6.45) is 1.83. The van der Waals surface area contributed by atoms with Crippen LogP contribution in [0.15, 0.2) is 0 Å². The Labute approximate surface area is 196 Å². The number of thioether (sulfide) groups is 1. The summed E-state index contributed by atoms with van der Waals surface area (Å²) in [6.45, 7) is 22.3. The molecule has 27 heavy (non-hydrogen) atoms. The fourth-order valence-electron chi connectivity index (χ4n) is 2.82. The van der Waals surface area contributed by atoms with Crippen LogP contribution >= 0.6 is 11.8 Å². The first-order valence-corrected chi connectivity index (χ1v) is 10.4. The first kappa shape index (κ1) is 29.5. The number of amides is 2. The van der Waals surface area contributed by atoms with Crippen molar-refractivity contribution in [3.8, 4) is 0 Å². The largest absolute Gasteiger partial charge is 0.342 e. The van der Waals surface area contributed by atoms with Crippen LogP contribution in [0, 0.1) is 30.6 Å². The number of ketones is 1. The summed E-state index contributed by atoms with van der Waals surface area (Å²) in [6, 6.07) is 0. The zero-order valence-electron chi connectivity index (χ0n) is 18.3. The number of nitrogens with zero attached hydrogens (tertiary/aromatic N) is 1. The van der Waals surface area contributed by atoms with E-state index in [1.165, 1.54) is 4.90 Å². The van der Waals surface area contributed by atoms with Crippen LogP contribution in [0.4, 0.5) is 0 Å². The van der Waals surface area contributed by atoms with E-state index in [0.717, 1.165) is 12.2 Å². The van der Waals surface area contributed by atoms with Gasteiger partial charge < -0.3 is 18.6 Å². The van der Waals surface area contributed by atoms with E-state index in [-0.39, 0.29) is 72.3 Å². The van der Waals surface area contributed by atoms with Crippen molar-refractivity contribution < 1.29 is 47.1 Å². The van der Waals surface area contributed by atoms with Crippen molar-refractivity contribution >= 4 is 29.4 Å². The summed E-state index contributed by atoms with van der Waals surface area (Å²) in [7, 11) is 0. The number of likely N-dealkylation sites (tertiary alicyclic amines) is 1. The second-order valence-electron chi connectivity index (χ2n) is 8.96. The molecule has 0 saturated carbocycles. The summed E-state index contributed by atoms with van der Waals surface area (Å²) in [5.41, 5.74) is -0.0645. The fourth-order valence-corrected chi connectivity index (χ4v) is 3.75. The Morgan fingerprint density at radius 2 is 1.74 bits per heavy atom. The Kier molecular flexibility index (Phi) is 13.9. The zero-order chi connectivity index (χ0) is 20.7. The molecule has 2 unspecified atom stereocenters. The monoisotopic (exact) mass is 472 g/mol. The molecular formula is C21H37NO3SY-2. The molecule has 0 N–H and O–H groups in total. The number of hydrogen-bond donors (Lipinski definition) is 0. The van der Waals surface area contributed by atoms with Crippen LogP contribution in [0.1, 0.15) is 67.7 Å². The Morgan fingerprint density at radius 3 is 2.11 bits per heavy atom. The Balaban J connectivity index is 0. The fraction of sp³-hybridized carbons (Fsp3) is 0.762. The van der Waals surface area contributed by atoms with E-state index in [1.54, 1.807) is 11.8 Å². The number of carbonyl (C=O) groups excluding carboxylic acids is 3. The van der Waals surface area contributed by atoms with Crippen molar-refractivity contribution in [1.82, 2.24) is 4.90 Å². The van der Waals surface area contributed by atoms with Gasteiger partial charge in [0.15, 0.2) is 0 Å². The smallest absolute Gasteiger partial charge is 0.242 e. The van der Waals surface area contributed by atoms with E-state index in [2.05, 4.69) is 34.6 Å². The predicted octanol–water partition coefficient (Wildman–Crippen LogP) is 4.58. The van der Waals surface area contributed by atoms with Crippen molar-refractivity contribution in [1.29, 1.82) is 0 Å². The third kappa shape index (κ3) is 11.1. The molecule has 0 bridgehead atoms. The van der Waals surface area contributed by atoms with Gasteiger partial charge in [-0.1, -0.05) is 54.9 Å². The molecule has 1 heterocycles. The Morgan fingerprint density at radius 1 is 1.22 bits per heavy atom. The molecular weight excluding hydrogens is 435 g/mol. The Bertz CT molecular complexity index is 495. The molecule has 0 spiro atoms. The van der Waals surface area contributed by atoms with Crippen molar-refractivity contribution in [2.24, 2.45) is 16.7 Å². The van der Waals surface area contributed by atoms with Gasteiger partial charge >= 0.3 is 0 Å². The number of hydrogen-bond acceptors (Lipinski definition) is 4. The van der Waals surface area contributed by atoms with Crippen molar-refractivity contribution in [3.05, 3.63) is 13.8 Å². The van der Waals surface area contributed by atoms with E-state index in [0.29, 0.717) is 19.4 Å². The standard InChI is InChI=1S/C12H23O.C9H14NO2S.Y/c1-9(8-11(2,3)4)10(13)12(5,6)7;1-3-5-10-8(11)6-7(9(10)12)13-4-2;/h9H,1,8H2,2-7H3;7H,1,3-6H2,2H3;/q2*-1;. The molecule has 0 aromatic rings. The second kappa shape index (κ2) is 12.7. The van der Waals surface area contributed by atoms with Gasteiger partial charge in [-0.2, -0.15) is 6.42 Å². The normalized spacial score (nSPS) is 18.6. The topological polar surface area (TPSA) is 54.5 Å². The van der Waals surface area contributed by atoms with Gasteiger partial charge in [-0.25, -0.2) is 0 Å². The maximum atomic E-state index is 11.8. The molecule has 1 saturated heterocycles. The molecule has 1 aliphatic rings. The molecule has 4 nitrogen and oxygen atoms in total. The van der Waals surface area contributed by atoms with Crippen LogP contribution in [0.5, 0.6) is 0 Å². The quantitative estimate of drug-likeness (QED) is 0.420. The van der Waals surface area contributed by atoms with Gasteiger partial charge in [0.05, 0.1) is 5.25 Å². The summed E-state index contributed by atoms with van der Waals surface area (Å²) < 4.78 is 0. The Hall–Kier alpha value is 0.264. The van der Waals surface area contributed by atoms with Crippen LogP contribution in [-0.4, -0.2) is 40.0 Å². The summed E-state index contributed by atoms with van der Waals surface area (Å²) in [5.74, 6) is 1.00. The van der Waals surface area contributed by atoms with E-state index in [4.69, 9.17) is 0 Å². The average molecular weight is 473 g/mol. The number of rotatable bonds is 6. The van der Waals surface area contributed by atoms with Crippen molar-refractivity contribution in [2.75, 3.05) is 12.3 Å². The maximum absolute atomic E-state index is 11.8. The second-order valence-corrected chi connectivity index (χ2v) is 10.4. The van der Waals surface area contributed by atoms with Crippen LogP contribution in [0.25, 0.3) is 0 Å². The van der Waals surface area contributed by atoms with Crippen molar-refractivity contribution in [3.63, 3.8) is 0 Å². The SMILES string of the molecule is [CH2-]C(CC(C)(C)C)C(=O)C(C)(C)C.[CH2-]CCN1C(=O)CC(SCC)C1=O.[Y]. The molecule has 1 fully saturated rings. The van der Waals surface area contributed by atoms with Crippen LogP contribution in [0.3, 0.4) is 0 Å². The molecule has 1 aliphatic heterocycles. The molecule has 1 rings (SSSR count). The van der Waals surface area contributed by atoms with Gasteiger partial charge in [-0.3, -0.25) is 14.5 Å². The average Bonchev–Trinajstić information content (AvgIpc) is 2.73. The van der Waals surface area contributed by atoms with E-state index < -0.39 is 0 Å². The summed E-state index contributed by atoms with van der Waals surface area (Å²) in [4.78, 5) is 36.0. The molecule has 155 valence electrons. The molecule has 2 atom stereocenters. The van der Waals surface area contributed by atoms with Gasteiger partial charge in [0.2, 0.25) is 11.8 Å². The predicted molar refractivity (Wildman–Crippen MR) is 111 cm³/mol. The summed E-state index contributed by atoms with van der Waals surface area (Å²) >= 11 is 1.55. The molecule has 0 aliphatic carbocycles. The molecule has 1 radical (unpaired) electrons. The van der Waals surface area contributed by atoms with Crippen molar-refractivity contribution in [2.45, 2.75) is 73.0 Å². The first-order valence-electron chi connectivity index (χ1n) is 9.37. The minimum absolute atomic E-state index is 0. The maximum Gasteiger partial charge on any atom is 0.242 e.